The number of aryl methyl sites for hydroxylation is 2. The highest BCUT2D eigenvalue weighted by Crippen LogP contribution is 2.22. The lowest BCUT2D eigenvalue weighted by atomic mass is 10.4. The van der Waals surface area contributed by atoms with Crippen molar-refractivity contribution in [3.8, 4) is 5.82 Å². The van der Waals surface area contributed by atoms with Crippen LogP contribution >= 0.6 is 11.8 Å². The number of anilines is 1. The first-order valence-corrected chi connectivity index (χ1v) is 7.90. The van der Waals surface area contributed by atoms with E-state index >= 15 is 0 Å². The molecular formula is C14H19N5S. The van der Waals surface area contributed by atoms with Gasteiger partial charge in [-0.2, -0.15) is 16.9 Å². The van der Waals surface area contributed by atoms with Crippen molar-refractivity contribution in [2.75, 3.05) is 23.7 Å². The Hall–Kier alpha value is -1.56. The van der Waals surface area contributed by atoms with Gasteiger partial charge in [0.05, 0.1) is 18.1 Å². The minimum absolute atomic E-state index is 0.642. The molecule has 3 rings (SSSR count). The molecule has 106 valence electrons. The molecule has 1 unspecified atom stereocenters. The van der Waals surface area contributed by atoms with Crippen molar-refractivity contribution >= 4 is 17.6 Å². The van der Waals surface area contributed by atoms with Crippen LogP contribution in [0.4, 0.5) is 5.82 Å². The summed E-state index contributed by atoms with van der Waals surface area (Å²) in [6.45, 7) is 8.34. The molecule has 1 saturated heterocycles. The van der Waals surface area contributed by atoms with Gasteiger partial charge >= 0.3 is 0 Å². The molecule has 2 aromatic heterocycles. The van der Waals surface area contributed by atoms with Gasteiger partial charge in [0.2, 0.25) is 0 Å². The zero-order valence-electron chi connectivity index (χ0n) is 12.1. The van der Waals surface area contributed by atoms with Gasteiger partial charge in [0.1, 0.15) is 5.82 Å². The van der Waals surface area contributed by atoms with E-state index in [1.807, 2.05) is 42.6 Å². The Bertz CT molecular complexity index is 609. The normalized spacial score (nSPS) is 19.4. The van der Waals surface area contributed by atoms with Gasteiger partial charge in [0.25, 0.3) is 0 Å². The first-order valence-electron chi connectivity index (χ1n) is 6.86. The summed E-state index contributed by atoms with van der Waals surface area (Å²) in [5.41, 5.74) is 2.08. The molecule has 0 N–H and O–H groups in total. The van der Waals surface area contributed by atoms with Crippen LogP contribution < -0.4 is 4.90 Å². The Morgan fingerprint density at radius 1 is 1.25 bits per heavy atom. The molecule has 1 fully saturated rings. The van der Waals surface area contributed by atoms with E-state index in [4.69, 9.17) is 4.98 Å². The van der Waals surface area contributed by atoms with E-state index in [0.29, 0.717) is 5.25 Å². The highest BCUT2D eigenvalue weighted by atomic mass is 32.2. The van der Waals surface area contributed by atoms with Gasteiger partial charge in [-0.25, -0.2) is 9.67 Å². The minimum Gasteiger partial charge on any atom is -0.353 e. The second-order valence-corrected chi connectivity index (χ2v) is 6.75. The van der Waals surface area contributed by atoms with Crippen LogP contribution in [0.25, 0.3) is 5.82 Å². The second-order valence-electron chi connectivity index (χ2n) is 5.20. The monoisotopic (exact) mass is 289 g/mol. The molecule has 20 heavy (non-hydrogen) atoms. The summed E-state index contributed by atoms with van der Waals surface area (Å²) in [4.78, 5) is 11.4. The molecule has 1 aliphatic heterocycles. The SMILES string of the molecule is Cc1cc(C)n(-c2cncc(N3CCSC(C)C3)n2)n1. The fraction of sp³-hybridized carbons (Fsp3) is 0.500. The molecule has 1 atom stereocenters. The summed E-state index contributed by atoms with van der Waals surface area (Å²) in [6.07, 6.45) is 3.61. The highest BCUT2D eigenvalue weighted by Gasteiger charge is 2.19. The second kappa shape index (κ2) is 5.44. The summed E-state index contributed by atoms with van der Waals surface area (Å²) >= 11 is 2.02. The van der Waals surface area contributed by atoms with Crippen molar-refractivity contribution in [3.05, 3.63) is 29.8 Å². The fourth-order valence-electron chi connectivity index (χ4n) is 2.49. The molecule has 3 heterocycles. The lowest BCUT2D eigenvalue weighted by molar-refractivity contribution is 0.749. The standard InChI is InChI=1S/C14H19N5S/c1-10-6-11(2)19(17-10)14-8-15-7-13(16-14)18-4-5-20-12(3)9-18/h6-8,12H,4-5,9H2,1-3H3. The molecule has 0 amide bonds. The zero-order chi connectivity index (χ0) is 14.1. The number of hydrogen-bond acceptors (Lipinski definition) is 5. The summed E-state index contributed by atoms with van der Waals surface area (Å²) in [5.74, 6) is 2.88. The summed E-state index contributed by atoms with van der Waals surface area (Å²) in [7, 11) is 0. The van der Waals surface area contributed by atoms with E-state index in [1.54, 1.807) is 6.20 Å². The van der Waals surface area contributed by atoms with Crippen molar-refractivity contribution < 1.29 is 0 Å². The molecule has 0 radical (unpaired) electrons. The number of thioether (sulfide) groups is 1. The van der Waals surface area contributed by atoms with E-state index in [0.717, 1.165) is 41.9 Å². The van der Waals surface area contributed by atoms with Gasteiger partial charge in [0.15, 0.2) is 5.82 Å². The topological polar surface area (TPSA) is 46.8 Å². The third-order valence-electron chi connectivity index (χ3n) is 3.40. The lowest BCUT2D eigenvalue weighted by Gasteiger charge is -2.31. The Balaban J connectivity index is 1.91. The van der Waals surface area contributed by atoms with Crippen molar-refractivity contribution in [1.82, 2.24) is 19.7 Å². The van der Waals surface area contributed by atoms with E-state index in [1.165, 1.54) is 0 Å². The average Bonchev–Trinajstić information content (AvgIpc) is 2.78. The minimum atomic E-state index is 0.642. The number of rotatable bonds is 2. The molecule has 0 bridgehead atoms. The Morgan fingerprint density at radius 2 is 2.05 bits per heavy atom. The third-order valence-corrected chi connectivity index (χ3v) is 4.54. The number of hydrogen-bond donors (Lipinski definition) is 0. The first kappa shape index (κ1) is 13.4. The van der Waals surface area contributed by atoms with Gasteiger partial charge < -0.3 is 4.90 Å². The Labute approximate surface area is 123 Å². The van der Waals surface area contributed by atoms with E-state index < -0.39 is 0 Å². The molecule has 1 aliphatic rings. The van der Waals surface area contributed by atoms with Crippen LogP contribution in [0.15, 0.2) is 18.5 Å². The van der Waals surface area contributed by atoms with Gasteiger partial charge in [-0.1, -0.05) is 6.92 Å². The van der Waals surface area contributed by atoms with Crippen molar-refractivity contribution in [2.24, 2.45) is 0 Å². The zero-order valence-corrected chi connectivity index (χ0v) is 12.9. The van der Waals surface area contributed by atoms with Crippen molar-refractivity contribution in [2.45, 2.75) is 26.0 Å². The molecule has 0 saturated carbocycles. The summed E-state index contributed by atoms with van der Waals surface area (Å²) in [5, 5.41) is 5.11. The smallest absolute Gasteiger partial charge is 0.174 e. The molecule has 6 heteroatoms. The predicted octanol–water partition coefficient (Wildman–Crippen LogP) is 2.22. The fourth-order valence-corrected chi connectivity index (χ4v) is 3.50. The van der Waals surface area contributed by atoms with E-state index in [2.05, 4.69) is 21.9 Å². The number of nitrogens with zero attached hydrogens (tertiary/aromatic N) is 5. The lowest BCUT2D eigenvalue weighted by Crippen LogP contribution is -2.37. The van der Waals surface area contributed by atoms with Gasteiger partial charge in [0, 0.05) is 29.8 Å². The maximum Gasteiger partial charge on any atom is 0.174 e. The van der Waals surface area contributed by atoms with Gasteiger partial charge in [-0.3, -0.25) is 4.98 Å². The van der Waals surface area contributed by atoms with Crippen LogP contribution in [0, 0.1) is 13.8 Å². The average molecular weight is 289 g/mol. The highest BCUT2D eigenvalue weighted by molar-refractivity contribution is 8.00. The predicted molar refractivity (Wildman–Crippen MR) is 82.8 cm³/mol. The Kier molecular flexibility index (Phi) is 3.65. The molecule has 0 spiro atoms. The quantitative estimate of drug-likeness (QED) is 0.848. The first-order chi connectivity index (χ1) is 9.63. The van der Waals surface area contributed by atoms with E-state index in [-0.39, 0.29) is 0 Å². The van der Waals surface area contributed by atoms with Crippen LogP contribution in [0.5, 0.6) is 0 Å². The number of aromatic nitrogens is 4. The van der Waals surface area contributed by atoms with Crippen LogP contribution in [-0.2, 0) is 0 Å². The molecule has 0 aromatic carbocycles. The molecule has 0 aliphatic carbocycles. The van der Waals surface area contributed by atoms with Gasteiger partial charge in [-0.05, 0) is 19.9 Å². The largest absolute Gasteiger partial charge is 0.353 e. The maximum absolute atomic E-state index is 4.73. The Morgan fingerprint density at radius 3 is 2.75 bits per heavy atom. The summed E-state index contributed by atoms with van der Waals surface area (Å²) in [6, 6.07) is 2.05. The van der Waals surface area contributed by atoms with Crippen LogP contribution in [0.3, 0.4) is 0 Å². The van der Waals surface area contributed by atoms with Crippen LogP contribution in [0.2, 0.25) is 0 Å². The molecule has 2 aromatic rings. The maximum atomic E-state index is 4.73. The molecule has 5 nitrogen and oxygen atoms in total. The van der Waals surface area contributed by atoms with Crippen LogP contribution in [0.1, 0.15) is 18.3 Å². The third kappa shape index (κ3) is 2.65. The van der Waals surface area contributed by atoms with Crippen molar-refractivity contribution in [1.29, 1.82) is 0 Å². The van der Waals surface area contributed by atoms with Gasteiger partial charge in [-0.15, -0.1) is 0 Å². The van der Waals surface area contributed by atoms with E-state index in [9.17, 15) is 0 Å². The summed E-state index contributed by atoms with van der Waals surface area (Å²) < 4.78 is 1.86. The van der Waals surface area contributed by atoms with Crippen molar-refractivity contribution in [3.63, 3.8) is 0 Å². The van der Waals surface area contributed by atoms with Crippen LogP contribution in [-0.4, -0.2) is 43.8 Å². The molecular weight excluding hydrogens is 270 g/mol.